The molecule has 0 aromatic heterocycles. The van der Waals surface area contributed by atoms with Gasteiger partial charge in [0.2, 0.25) is 16.8 Å². The molecule has 0 amide bonds. The molecule has 150 valence electrons. The molecule has 0 fully saturated rings. The minimum Gasteiger partial charge on any atom is -0.486 e. The lowest BCUT2D eigenvalue weighted by Gasteiger charge is -2.25. The molecule has 1 atom stereocenters. The highest BCUT2D eigenvalue weighted by Gasteiger charge is 2.24. The van der Waals surface area contributed by atoms with Crippen LogP contribution in [0.25, 0.3) is 0 Å². The summed E-state index contributed by atoms with van der Waals surface area (Å²) in [6, 6.07) is 10.1. The molecule has 0 spiro atoms. The molecule has 2 heterocycles. The van der Waals surface area contributed by atoms with Crippen LogP contribution in [0.1, 0.15) is 11.6 Å². The Hall–Kier alpha value is -2.49. The van der Waals surface area contributed by atoms with Gasteiger partial charge < -0.3 is 23.8 Å². The third-order valence-electron chi connectivity index (χ3n) is 4.70. The van der Waals surface area contributed by atoms with Gasteiger partial charge in [-0.2, -0.15) is 0 Å². The predicted octanol–water partition coefficient (Wildman–Crippen LogP) is 1.77. The number of nitrogens with zero attached hydrogens (tertiary/aromatic N) is 1. The van der Waals surface area contributed by atoms with Crippen LogP contribution in [0.5, 0.6) is 23.0 Å². The number of hydrogen-bond acceptors (Lipinski definition) is 7. The van der Waals surface area contributed by atoms with Crippen LogP contribution in [0.3, 0.4) is 0 Å². The topological polar surface area (TPSA) is 86.3 Å². The summed E-state index contributed by atoms with van der Waals surface area (Å²) in [6.45, 7) is 1.25. The molecule has 0 radical (unpaired) electrons. The summed E-state index contributed by atoms with van der Waals surface area (Å²) < 4.78 is 50.0. The minimum absolute atomic E-state index is 0.139. The lowest BCUT2D eigenvalue weighted by atomic mass is 10.1. The summed E-state index contributed by atoms with van der Waals surface area (Å²) in [5, 5.41) is 0. The van der Waals surface area contributed by atoms with Crippen molar-refractivity contribution < 1.29 is 27.4 Å². The van der Waals surface area contributed by atoms with Gasteiger partial charge in [0.1, 0.15) is 13.2 Å². The summed E-state index contributed by atoms with van der Waals surface area (Å²) in [5.74, 6) is 2.35. The van der Waals surface area contributed by atoms with Crippen molar-refractivity contribution in [3.8, 4) is 23.0 Å². The Bertz CT molecular complexity index is 976. The zero-order valence-corrected chi connectivity index (χ0v) is 16.5. The Kier molecular flexibility index (Phi) is 5.05. The highest BCUT2D eigenvalue weighted by atomic mass is 32.2. The molecule has 0 bridgehead atoms. The molecule has 2 aromatic rings. The first-order valence-electron chi connectivity index (χ1n) is 8.89. The number of nitrogens with one attached hydrogen (secondary N) is 1. The Morgan fingerprint density at radius 2 is 1.57 bits per heavy atom. The van der Waals surface area contributed by atoms with Crippen LogP contribution in [0.4, 0.5) is 0 Å². The van der Waals surface area contributed by atoms with Crippen molar-refractivity contribution in [3.63, 3.8) is 0 Å². The second kappa shape index (κ2) is 7.50. The molecular formula is C19H22N2O6S. The molecule has 9 heteroatoms. The molecule has 0 unspecified atom stereocenters. The molecular weight excluding hydrogens is 384 g/mol. The van der Waals surface area contributed by atoms with E-state index in [0.717, 1.165) is 5.56 Å². The zero-order chi connectivity index (χ0) is 19.7. The smallest absolute Gasteiger partial charge is 0.240 e. The second-order valence-corrected chi connectivity index (χ2v) is 8.52. The molecule has 2 aromatic carbocycles. The maximum atomic E-state index is 12.8. The molecule has 8 nitrogen and oxygen atoms in total. The third kappa shape index (κ3) is 3.73. The zero-order valence-electron chi connectivity index (χ0n) is 15.7. The molecule has 0 saturated carbocycles. The number of likely N-dealkylation sites (N-methyl/N-ethyl adjacent to an activating group) is 1. The van der Waals surface area contributed by atoms with Crippen LogP contribution in [0.2, 0.25) is 0 Å². The summed E-state index contributed by atoms with van der Waals surface area (Å²) in [7, 11) is 0.0829. The van der Waals surface area contributed by atoms with E-state index in [1.54, 1.807) is 6.07 Å². The standard InChI is InChI=1S/C19H22N2O6S/c1-21(2)15(13-3-5-17-18(9-13)27-12-26-17)11-20-28(22,23)14-4-6-16-19(10-14)25-8-7-24-16/h3-6,9-10,15,20H,7-8,11-12H2,1-2H3/t15-/m0/s1. The van der Waals surface area contributed by atoms with Crippen molar-refractivity contribution in [1.29, 1.82) is 0 Å². The third-order valence-corrected chi connectivity index (χ3v) is 6.12. The van der Waals surface area contributed by atoms with E-state index in [9.17, 15) is 8.42 Å². The maximum absolute atomic E-state index is 12.8. The van der Waals surface area contributed by atoms with E-state index in [1.807, 2.05) is 37.2 Å². The van der Waals surface area contributed by atoms with Gasteiger partial charge in [-0.05, 0) is 43.9 Å². The van der Waals surface area contributed by atoms with Gasteiger partial charge in [-0.15, -0.1) is 0 Å². The van der Waals surface area contributed by atoms with Gasteiger partial charge in [-0.3, -0.25) is 0 Å². The van der Waals surface area contributed by atoms with E-state index in [0.29, 0.717) is 36.2 Å². The van der Waals surface area contributed by atoms with Crippen molar-refractivity contribution in [3.05, 3.63) is 42.0 Å². The van der Waals surface area contributed by atoms with Crippen molar-refractivity contribution in [2.24, 2.45) is 0 Å². The average molecular weight is 406 g/mol. The van der Waals surface area contributed by atoms with Gasteiger partial charge in [-0.1, -0.05) is 6.07 Å². The summed E-state index contributed by atoms with van der Waals surface area (Å²) in [4.78, 5) is 2.09. The Morgan fingerprint density at radius 1 is 0.929 bits per heavy atom. The first-order valence-corrected chi connectivity index (χ1v) is 10.4. The van der Waals surface area contributed by atoms with Crippen molar-refractivity contribution >= 4 is 10.0 Å². The molecule has 28 heavy (non-hydrogen) atoms. The summed E-state index contributed by atoms with van der Waals surface area (Å²) in [5.41, 5.74) is 0.930. The number of sulfonamides is 1. The Morgan fingerprint density at radius 3 is 2.36 bits per heavy atom. The average Bonchev–Trinajstić information content (AvgIpc) is 3.15. The van der Waals surface area contributed by atoms with E-state index in [2.05, 4.69) is 4.72 Å². The van der Waals surface area contributed by atoms with E-state index < -0.39 is 10.0 Å². The van der Waals surface area contributed by atoms with Gasteiger partial charge in [-0.25, -0.2) is 13.1 Å². The number of hydrogen-bond donors (Lipinski definition) is 1. The number of rotatable bonds is 6. The van der Waals surface area contributed by atoms with Crippen molar-refractivity contribution in [1.82, 2.24) is 9.62 Å². The Balaban J connectivity index is 1.52. The lowest BCUT2D eigenvalue weighted by molar-refractivity contribution is 0.171. The van der Waals surface area contributed by atoms with Gasteiger partial charge in [0.15, 0.2) is 23.0 Å². The molecule has 0 aliphatic carbocycles. The molecule has 2 aliphatic rings. The minimum atomic E-state index is -3.71. The fraction of sp³-hybridized carbons (Fsp3) is 0.368. The number of benzene rings is 2. The van der Waals surface area contributed by atoms with Crippen molar-refractivity contribution in [2.75, 3.05) is 40.6 Å². The quantitative estimate of drug-likeness (QED) is 0.782. The fourth-order valence-electron chi connectivity index (χ4n) is 3.18. The molecule has 2 aliphatic heterocycles. The number of ether oxygens (including phenoxy) is 4. The van der Waals surface area contributed by atoms with E-state index in [-0.39, 0.29) is 24.3 Å². The van der Waals surface area contributed by atoms with Crippen LogP contribution < -0.4 is 23.7 Å². The molecule has 0 saturated heterocycles. The van der Waals surface area contributed by atoms with Crippen LogP contribution in [0.15, 0.2) is 41.3 Å². The summed E-state index contributed by atoms with van der Waals surface area (Å²) >= 11 is 0. The van der Waals surface area contributed by atoms with Gasteiger partial charge in [0, 0.05) is 18.7 Å². The first-order chi connectivity index (χ1) is 13.4. The highest BCUT2D eigenvalue weighted by molar-refractivity contribution is 7.89. The molecule has 1 N–H and O–H groups in total. The van der Waals surface area contributed by atoms with Crippen LogP contribution in [-0.4, -0.2) is 54.0 Å². The van der Waals surface area contributed by atoms with E-state index >= 15 is 0 Å². The molecule has 4 rings (SSSR count). The maximum Gasteiger partial charge on any atom is 0.240 e. The van der Waals surface area contributed by atoms with Gasteiger partial charge in [0.25, 0.3) is 0 Å². The largest absolute Gasteiger partial charge is 0.486 e. The van der Waals surface area contributed by atoms with Crippen LogP contribution >= 0.6 is 0 Å². The number of fused-ring (bicyclic) bond motifs is 2. The van der Waals surface area contributed by atoms with Crippen LogP contribution in [0, 0.1) is 0 Å². The first kappa shape index (κ1) is 18.9. The lowest BCUT2D eigenvalue weighted by Crippen LogP contribution is -2.34. The summed E-state index contributed by atoms with van der Waals surface area (Å²) in [6.07, 6.45) is 0. The van der Waals surface area contributed by atoms with Crippen molar-refractivity contribution in [2.45, 2.75) is 10.9 Å². The monoisotopic (exact) mass is 406 g/mol. The fourth-order valence-corrected chi connectivity index (χ4v) is 4.24. The second-order valence-electron chi connectivity index (χ2n) is 6.75. The van der Waals surface area contributed by atoms with Gasteiger partial charge in [0.05, 0.1) is 4.90 Å². The van der Waals surface area contributed by atoms with Gasteiger partial charge >= 0.3 is 0 Å². The van der Waals surface area contributed by atoms with E-state index in [4.69, 9.17) is 18.9 Å². The Labute approximate surface area is 164 Å². The van der Waals surface area contributed by atoms with E-state index in [1.165, 1.54) is 12.1 Å². The normalized spacial score (nSPS) is 16.2. The predicted molar refractivity (Wildman–Crippen MR) is 102 cm³/mol. The van der Waals surface area contributed by atoms with Crippen LogP contribution in [-0.2, 0) is 10.0 Å². The highest BCUT2D eigenvalue weighted by Crippen LogP contribution is 2.35. The SMILES string of the molecule is CN(C)[C@@H](CNS(=O)(=O)c1ccc2c(c1)OCCO2)c1ccc2c(c1)OCO2.